The maximum Gasteiger partial charge on any atom is 0.289 e. The topological polar surface area (TPSA) is 67.6 Å². The van der Waals surface area contributed by atoms with Crippen LogP contribution in [0.1, 0.15) is 36.2 Å². The third-order valence-corrected chi connectivity index (χ3v) is 4.57. The standard InChI is InChI=1S/C15H23N3O3/c19-15(14-1-6-17-21-14)16-11-12-2-7-18(8-3-12)13-4-9-20-10-5-13/h1,6,12-13H,2-5,7-11H2,(H,16,19). The predicted octanol–water partition coefficient (Wildman–Crippen LogP) is 1.30. The molecule has 1 N–H and O–H groups in total. The van der Waals surface area contributed by atoms with Gasteiger partial charge in [0.15, 0.2) is 0 Å². The molecule has 2 saturated heterocycles. The third kappa shape index (κ3) is 3.83. The lowest BCUT2D eigenvalue weighted by molar-refractivity contribution is 0.0211. The fourth-order valence-electron chi connectivity index (χ4n) is 3.23. The van der Waals surface area contributed by atoms with E-state index < -0.39 is 0 Å². The van der Waals surface area contributed by atoms with Gasteiger partial charge in [-0.05, 0) is 44.7 Å². The molecule has 1 amide bonds. The first kappa shape index (κ1) is 14.5. The molecular formula is C15H23N3O3. The van der Waals surface area contributed by atoms with Gasteiger partial charge < -0.3 is 19.5 Å². The highest BCUT2D eigenvalue weighted by Crippen LogP contribution is 2.22. The van der Waals surface area contributed by atoms with Gasteiger partial charge in [-0.2, -0.15) is 0 Å². The van der Waals surface area contributed by atoms with Crippen LogP contribution >= 0.6 is 0 Å². The molecule has 6 nitrogen and oxygen atoms in total. The molecule has 1 aromatic heterocycles. The van der Waals surface area contributed by atoms with E-state index in [1.165, 1.54) is 6.20 Å². The zero-order chi connectivity index (χ0) is 14.5. The first-order chi connectivity index (χ1) is 10.3. The van der Waals surface area contributed by atoms with Gasteiger partial charge in [0.25, 0.3) is 5.91 Å². The first-order valence-corrected chi connectivity index (χ1v) is 7.83. The van der Waals surface area contributed by atoms with Crippen LogP contribution in [0.5, 0.6) is 0 Å². The Balaban J connectivity index is 1.38. The molecule has 2 fully saturated rings. The normalized spacial score (nSPS) is 22.3. The number of nitrogens with zero attached hydrogens (tertiary/aromatic N) is 2. The highest BCUT2D eigenvalue weighted by molar-refractivity contribution is 5.91. The molecule has 21 heavy (non-hydrogen) atoms. The lowest BCUT2D eigenvalue weighted by Gasteiger charge is -2.39. The number of carbonyl (C=O) groups is 1. The molecular weight excluding hydrogens is 270 g/mol. The van der Waals surface area contributed by atoms with Crippen LogP contribution in [0.3, 0.4) is 0 Å². The highest BCUT2D eigenvalue weighted by Gasteiger charge is 2.26. The number of aromatic nitrogens is 1. The van der Waals surface area contributed by atoms with Crippen LogP contribution in [0, 0.1) is 5.92 Å². The lowest BCUT2D eigenvalue weighted by Crippen LogP contribution is -2.45. The second kappa shape index (κ2) is 7.04. The molecule has 0 radical (unpaired) electrons. The Morgan fingerprint density at radius 1 is 1.29 bits per heavy atom. The molecule has 0 bridgehead atoms. The smallest absolute Gasteiger partial charge is 0.289 e. The van der Waals surface area contributed by atoms with Crippen LogP contribution in [0.25, 0.3) is 0 Å². The summed E-state index contributed by atoms with van der Waals surface area (Å²) in [5.41, 5.74) is 0. The molecule has 3 rings (SSSR count). The lowest BCUT2D eigenvalue weighted by atomic mass is 9.94. The molecule has 3 heterocycles. The summed E-state index contributed by atoms with van der Waals surface area (Å²) in [6.07, 6.45) is 6.10. The first-order valence-electron chi connectivity index (χ1n) is 7.83. The maximum atomic E-state index is 11.8. The quantitative estimate of drug-likeness (QED) is 0.906. The van der Waals surface area contributed by atoms with Crippen molar-refractivity contribution in [3.05, 3.63) is 18.0 Å². The molecule has 0 saturated carbocycles. The van der Waals surface area contributed by atoms with E-state index >= 15 is 0 Å². The van der Waals surface area contributed by atoms with Crippen molar-refractivity contribution in [3.63, 3.8) is 0 Å². The van der Waals surface area contributed by atoms with E-state index in [9.17, 15) is 4.79 Å². The average molecular weight is 293 g/mol. The van der Waals surface area contributed by atoms with Crippen LogP contribution in [0.15, 0.2) is 16.8 Å². The summed E-state index contributed by atoms with van der Waals surface area (Å²) >= 11 is 0. The monoisotopic (exact) mass is 293 g/mol. The zero-order valence-corrected chi connectivity index (χ0v) is 12.3. The number of ether oxygens (including phenoxy) is 1. The van der Waals surface area contributed by atoms with Crippen LogP contribution in [0.4, 0.5) is 0 Å². The fraction of sp³-hybridized carbons (Fsp3) is 0.733. The highest BCUT2D eigenvalue weighted by atomic mass is 16.5. The Bertz CT molecular complexity index is 435. The SMILES string of the molecule is O=C(NCC1CCN(C2CCOCC2)CC1)c1ccno1. The minimum absolute atomic E-state index is 0.167. The molecule has 0 unspecified atom stereocenters. The van der Waals surface area contributed by atoms with Crippen LogP contribution < -0.4 is 5.32 Å². The predicted molar refractivity (Wildman–Crippen MR) is 77.0 cm³/mol. The number of hydrogen-bond donors (Lipinski definition) is 1. The summed E-state index contributed by atoms with van der Waals surface area (Å²) in [6.45, 7) is 4.79. The number of piperidine rings is 1. The van der Waals surface area contributed by atoms with Crippen LogP contribution in [-0.4, -0.2) is 54.9 Å². The molecule has 0 atom stereocenters. The van der Waals surface area contributed by atoms with E-state index in [4.69, 9.17) is 9.26 Å². The Morgan fingerprint density at radius 2 is 2.05 bits per heavy atom. The van der Waals surface area contributed by atoms with E-state index in [2.05, 4.69) is 15.4 Å². The second-order valence-corrected chi connectivity index (χ2v) is 5.91. The molecule has 0 spiro atoms. The molecule has 2 aliphatic heterocycles. The van der Waals surface area contributed by atoms with Crippen molar-refractivity contribution in [2.24, 2.45) is 5.92 Å². The van der Waals surface area contributed by atoms with E-state index in [1.807, 2.05) is 0 Å². The van der Waals surface area contributed by atoms with Gasteiger partial charge in [-0.1, -0.05) is 5.16 Å². The molecule has 0 aliphatic carbocycles. The van der Waals surface area contributed by atoms with Gasteiger partial charge >= 0.3 is 0 Å². The zero-order valence-electron chi connectivity index (χ0n) is 12.3. The number of nitrogens with one attached hydrogen (secondary N) is 1. The summed E-state index contributed by atoms with van der Waals surface area (Å²) in [6, 6.07) is 2.28. The van der Waals surface area contributed by atoms with Crippen molar-refractivity contribution in [2.45, 2.75) is 31.7 Å². The van der Waals surface area contributed by atoms with Gasteiger partial charge in [-0.25, -0.2) is 0 Å². The van der Waals surface area contributed by atoms with Gasteiger partial charge in [0.1, 0.15) is 0 Å². The maximum absolute atomic E-state index is 11.8. The van der Waals surface area contributed by atoms with Gasteiger partial charge in [0.2, 0.25) is 5.76 Å². The third-order valence-electron chi connectivity index (χ3n) is 4.57. The molecule has 116 valence electrons. The van der Waals surface area contributed by atoms with Crippen LogP contribution in [0.2, 0.25) is 0 Å². The Kier molecular flexibility index (Phi) is 4.87. The molecule has 0 aromatic carbocycles. The minimum atomic E-state index is -0.167. The number of hydrogen-bond acceptors (Lipinski definition) is 5. The van der Waals surface area contributed by atoms with Gasteiger partial charge in [0.05, 0.1) is 6.20 Å². The van der Waals surface area contributed by atoms with Gasteiger partial charge in [-0.15, -0.1) is 0 Å². The van der Waals surface area contributed by atoms with Crippen molar-refractivity contribution in [1.29, 1.82) is 0 Å². The Hall–Kier alpha value is -1.40. The van der Waals surface area contributed by atoms with E-state index in [0.717, 1.165) is 58.5 Å². The van der Waals surface area contributed by atoms with Crippen LogP contribution in [-0.2, 0) is 4.74 Å². The van der Waals surface area contributed by atoms with Gasteiger partial charge in [0, 0.05) is 31.9 Å². The minimum Gasteiger partial charge on any atom is -0.381 e. The summed E-state index contributed by atoms with van der Waals surface area (Å²) in [5.74, 6) is 0.682. The Labute approximate surface area is 124 Å². The number of amides is 1. The summed E-state index contributed by atoms with van der Waals surface area (Å²) in [7, 11) is 0. The largest absolute Gasteiger partial charge is 0.381 e. The van der Waals surface area contributed by atoms with Crippen molar-refractivity contribution in [3.8, 4) is 0 Å². The number of carbonyl (C=O) groups excluding carboxylic acids is 1. The van der Waals surface area contributed by atoms with E-state index in [-0.39, 0.29) is 11.7 Å². The second-order valence-electron chi connectivity index (χ2n) is 5.91. The fourth-order valence-corrected chi connectivity index (χ4v) is 3.23. The average Bonchev–Trinajstić information content (AvgIpc) is 3.08. The molecule has 1 aromatic rings. The summed E-state index contributed by atoms with van der Waals surface area (Å²) < 4.78 is 10.3. The van der Waals surface area contributed by atoms with Gasteiger partial charge in [-0.3, -0.25) is 4.79 Å². The van der Waals surface area contributed by atoms with E-state index in [0.29, 0.717) is 12.0 Å². The number of rotatable bonds is 4. The van der Waals surface area contributed by atoms with Crippen molar-refractivity contribution < 1.29 is 14.1 Å². The molecule has 2 aliphatic rings. The number of likely N-dealkylation sites (tertiary alicyclic amines) is 1. The summed E-state index contributed by atoms with van der Waals surface area (Å²) in [4.78, 5) is 14.4. The van der Waals surface area contributed by atoms with Crippen molar-refractivity contribution in [1.82, 2.24) is 15.4 Å². The summed E-state index contributed by atoms with van der Waals surface area (Å²) in [5, 5.41) is 6.48. The molecule has 6 heteroatoms. The van der Waals surface area contributed by atoms with Crippen molar-refractivity contribution >= 4 is 5.91 Å². The van der Waals surface area contributed by atoms with E-state index in [1.54, 1.807) is 6.07 Å². The van der Waals surface area contributed by atoms with Crippen molar-refractivity contribution in [2.75, 3.05) is 32.8 Å². The Morgan fingerprint density at radius 3 is 2.71 bits per heavy atom.